The summed E-state index contributed by atoms with van der Waals surface area (Å²) in [5, 5.41) is -0.106. The minimum Gasteiger partial charge on any atom is -0.360 e. The summed E-state index contributed by atoms with van der Waals surface area (Å²) in [5.41, 5.74) is -0.874. The summed E-state index contributed by atoms with van der Waals surface area (Å²) in [6.07, 6.45) is -2.13. The maximum atomic E-state index is 12.5. The Hall–Kier alpha value is -1.34. The predicted molar refractivity (Wildman–Crippen MR) is 71.5 cm³/mol. The van der Waals surface area contributed by atoms with Gasteiger partial charge in [0, 0.05) is 32.4 Å². The fourth-order valence-electron chi connectivity index (χ4n) is 1.75. The van der Waals surface area contributed by atoms with Crippen LogP contribution in [0.2, 0.25) is 5.02 Å². The van der Waals surface area contributed by atoms with Gasteiger partial charge >= 0.3 is 6.18 Å². The van der Waals surface area contributed by atoms with E-state index in [1.54, 1.807) is 6.34 Å². The van der Waals surface area contributed by atoms with Crippen LogP contribution in [0.25, 0.3) is 0 Å². The average Bonchev–Trinajstić information content (AvgIpc) is 2.38. The molecule has 20 heavy (non-hydrogen) atoms. The Balaban J connectivity index is 2.06. The van der Waals surface area contributed by atoms with Crippen LogP contribution >= 0.6 is 11.6 Å². The average molecular weight is 307 g/mol. The van der Waals surface area contributed by atoms with E-state index < -0.39 is 11.7 Å². The zero-order valence-electron chi connectivity index (χ0n) is 10.9. The molecule has 1 saturated heterocycles. The van der Waals surface area contributed by atoms with Crippen molar-refractivity contribution in [1.82, 2.24) is 14.8 Å². The summed E-state index contributed by atoms with van der Waals surface area (Å²) in [4.78, 5) is 11.9. The monoisotopic (exact) mass is 306 g/mol. The van der Waals surface area contributed by atoms with E-state index in [1.165, 1.54) is 0 Å². The quantitative estimate of drug-likeness (QED) is 0.622. The van der Waals surface area contributed by atoms with E-state index in [-0.39, 0.29) is 10.8 Å². The van der Waals surface area contributed by atoms with E-state index in [4.69, 9.17) is 11.6 Å². The molecular formula is C12H14ClF3N4. The Labute approximate surface area is 119 Å². The minimum absolute atomic E-state index is 0.0959. The number of alkyl halides is 3. The SMILES string of the molecule is CN1CCN(C=Nc2ncc(C(F)(F)F)cc2Cl)CC1. The second-order valence-electron chi connectivity index (χ2n) is 4.61. The van der Waals surface area contributed by atoms with Crippen molar-refractivity contribution in [1.29, 1.82) is 0 Å². The van der Waals surface area contributed by atoms with Gasteiger partial charge in [-0.05, 0) is 13.1 Å². The number of pyridine rings is 1. The first-order chi connectivity index (χ1) is 9.36. The van der Waals surface area contributed by atoms with Crippen molar-refractivity contribution < 1.29 is 13.2 Å². The molecule has 0 atom stereocenters. The Bertz CT molecular complexity index is 496. The normalized spacial score (nSPS) is 17.9. The molecule has 1 aliphatic rings. The molecule has 0 radical (unpaired) electrons. The third kappa shape index (κ3) is 3.83. The molecule has 8 heteroatoms. The van der Waals surface area contributed by atoms with Crippen LogP contribution in [0.1, 0.15) is 5.56 Å². The Morgan fingerprint density at radius 1 is 1.30 bits per heavy atom. The molecule has 0 aliphatic carbocycles. The number of hydrogen-bond donors (Lipinski definition) is 0. The summed E-state index contributed by atoms with van der Waals surface area (Å²) in [7, 11) is 2.03. The maximum absolute atomic E-state index is 12.5. The second kappa shape index (κ2) is 5.97. The Kier molecular flexibility index (Phi) is 4.49. The van der Waals surface area contributed by atoms with Gasteiger partial charge in [0.05, 0.1) is 16.9 Å². The van der Waals surface area contributed by atoms with Crippen LogP contribution in [-0.2, 0) is 6.18 Å². The standard InChI is InChI=1S/C12H14ClF3N4/c1-19-2-4-20(5-3-19)8-18-11-10(13)6-9(7-17-11)12(14,15)16/h6-8H,2-5H2,1H3. The topological polar surface area (TPSA) is 31.7 Å². The smallest absolute Gasteiger partial charge is 0.360 e. The maximum Gasteiger partial charge on any atom is 0.417 e. The van der Waals surface area contributed by atoms with Gasteiger partial charge in [0.25, 0.3) is 0 Å². The van der Waals surface area contributed by atoms with Crippen molar-refractivity contribution in [3.63, 3.8) is 0 Å². The summed E-state index contributed by atoms with van der Waals surface area (Å²) in [6.45, 7) is 3.47. The van der Waals surface area contributed by atoms with Crippen molar-refractivity contribution in [3.8, 4) is 0 Å². The number of likely N-dealkylation sites (N-methyl/N-ethyl adjacent to an activating group) is 1. The van der Waals surface area contributed by atoms with Crippen molar-refractivity contribution in [2.45, 2.75) is 6.18 Å². The molecule has 2 heterocycles. The highest BCUT2D eigenvalue weighted by Gasteiger charge is 2.31. The molecule has 1 aliphatic heterocycles. The second-order valence-corrected chi connectivity index (χ2v) is 5.02. The third-order valence-corrected chi connectivity index (χ3v) is 3.31. The molecule has 0 spiro atoms. The fraction of sp³-hybridized carbons (Fsp3) is 0.500. The van der Waals surface area contributed by atoms with E-state index in [0.717, 1.165) is 38.4 Å². The van der Waals surface area contributed by atoms with Crippen molar-refractivity contribution in [2.24, 2.45) is 4.99 Å². The van der Waals surface area contributed by atoms with Crippen molar-refractivity contribution in [3.05, 3.63) is 22.8 Å². The minimum atomic E-state index is -4.45. The van der Waals surface area contributed by atoms with Gasteiger partial charge in [0.2, 0.25) is 0 Å². The van der Waals surface area contributed by atoms with Crippen molar-refractivity contribution >= 4 is 23.8 Å². The molecule has 0 unspecified atom stereocenters. The Morgan fingerprint density at radius 2 is 1.95 bits per heavy atom. The van der Waals surface area contributed by atoms with Gasteiger partial charge in [-0.3, -0.25) is 0 Å². The summed E-state index contributed by atoms with van der Waals surface area (Å²) in [6, 6.07) is 0.839. The van der Waals surface area contributed by atoms with Gasteiger partial charge in [-0.25, -0.2) is 9.98 Å². The van der Waals surface area contributed by atoms with Gasteiger partial charge in [-0.2, -0.15) is 13.2 Å². The third-order valence-electron chi connectivity index (χ3n) is 3.03. The summed E-state index contributed by atoms with van der Waals surface area (Å²) >= 11 is 5.77. The number of piperazine rings is 1. The highest BCUT2D eigenvalue weighted by Crippen LogP contribution is 2.33. The van der Waals surface area contributed by atoms with Crippen LogP contribution < -0.4 is 0 Å². The number of aromatic nitrogens is 1. The number of nitrogens with zero attached hydrogens (tertiary/aromatic N) is 4. The van der Waals surface area contributed by atoms with Crippen molar-refractivity contribution in [2.75, 3.05) is 33.2 Å². The highest BCUT2D eigenvalue weighted by atomic mass is 35.5. The zero-order chi connectivity index (χ0) is 14.8. The zero-order valence-corrected chi connectivity index (χ0v) is 11.6. The van der Waals surface area contributed by atoms with E-state index in [0.29, 0.717) is 0 Å². The van der Waals surface area contributed by atoms with E-state index >= 15 is 0 Å². The van der Waals surface area contributed by atoms with Crippen LogP contribution in [0.3, 0.4) is 0 Å². The molecule has 0 bridgehead atoms. The number of halogens is 4. The first kappa shape index (κ1) is 15.1. The van der Waals surface area contributed by atoms with Crippen LogP contribution in [0, 0.1) is 0 Å². The molecule has 4 nitrogen and oxygen atoms in total. The van der Waals surface area contributed by atoms with Crippen LogP contribution in [0.4, 0.5) is 19.0 Å². The van der Waals surface area contributed by atoms with Crippen LogP contribution in [-0.4, -0.2) is 54.3 Å². The summed E-state index contributed by atoms with van der Waals surface area (Å²) in [5.74, 6) is 0.0959. The number of hydrogen-bond acceptors (Lipinski definition) is 3. The lowest BCUT2D eigenvalue weighted by Gasteiger charge is -2.30. The summed E-state index contributed by atoms with van der Waals surface area (Å²) < 4.78 is 37.4. The molecular weight excluding hydrogens is 293 g/mol. The van der Waals surface area contributed by atoms with Gasteiger partial charge in [-0.15, -0.1) is 0 Å². The first-order valence-electron chi connectivity index (χ1n) is 6.06. The van der Waals surface area contributed by atoms with Gasteiger partial charge in [0.15, 0.2) is 5.82 Å². The largest absolute Gasteiger partial charge is 0.417 e. The van der Waals surface area contributed by atoms with Gasteiger partial charge in [0.1, 0.15) is 0 Å². The fourth-order valence-corrected chi connectivity index (χ4v) is 1.97. The predicted octanol–water partition coefficient (Wildman–Crippen LogP) is 2.66. The lowest BCUT2D eigenvalue weighted by molar-refractivity contribution is -0.137. The molecule has 0 N–H and O–H groups in total. The van der Waals surface area contributed by atoms with Crippen LogP contribution in [0.15, 0.2) is 17.3 Å². The number of aliphatic imine (C=N–C) groups is 1. The first-order valence-corrected chi connectivity index (χ1v) is 6.43. The lowest BCUT2D eigenvalue weighted by Crippen LogP contribution is -2.43. The molecule has 1 aromatic rings. The molecule has 0 amide bonds. The molecule has 2 rings (SSSR count). The number of rotatable bonds is 2. The molecule has 1 fully saturated rings. The molecule has 110 valence electrons. The molecule has 1 aromatic heterocycles. The van der Waals surface area contributed by atoms with E-state index in [1.807, 2.05) is 11.9 Å². The Morgan fingerprint density at radius 3 is 2.50 bits per heavy atom. The van der Waals surface area contributed by atoms with E-state index in [9.17, 15) is 13.2 Å². The van der Waals surface area contributed by atoms with E-state index in [2.05, 4.69) is 14.9 Å². The molecule has 0 aromatic carbocycles. The van der Waals surface area contributed by atoms with Crippen LogP contribution in [0.5, 0.6) is 0 Å². The van der Waals surface area contributed by atoms with Gasteiger partial charge < -0.3 is 9.80 Å². The van der Waals surface area contributed by atoms with Gasteiger partial charge in [-0.1, -0.05) is 11.6 Å². The lowest BCUT2D eigenvalue weighted by atomic mass is 10.3. The molecule has 0 saturated carbocycles. The highest BCUT2D eigenvalue weighted by molar-refractivity contribution is 6.32.